The molecule has 272 valence electrons. The van der Waals surface area contributed by atoms with Crippen LogP contribution in [-0.4, -0.2) is 50.7 Å². The van der Waals surface area contributed by atoms with Gasteiger partial charge in [0.25, 0.3) is 10.1 Å². The Kier molecular flexibility index (Phi) is 12.6. The maximum atomic E-state index is 13.4. The second-order valence-corrected chi connectivity index (χ2v) is 15.2. The molecule has 0 unspecified atom stereocenters. The summed E-state index contributed by atoms with van der Waals surface area (Å²) in [4.78, 5) is 8.74. The predicted molar refractivity (Wildman–Crippen MR) is 198 cm³/mol. The zero-order chi connectivity index (χ0) is 37.3. The molecule has 2 aromatic heterocycles. The summed E-state index contributed by atoms with van der Waals surface area (Å²) < 4.78 is 79.5. The van der Waals surface area contributed by atoms with Gasteiger partial charge in [0.1, 0.15) is 41.8 Å². The van der Waals surface area contributed by atoms with Gasteiger partial charge in [-0.3, -0.25) is 4.55 Å². The first-order chi connectivity index (χ1) is 24.7. The van der Waals surface area contributed by atoms with Gasteiger partial charge < -0.3 is 19.8 Å². The third-order valence-electron chi connectivity index (χ3n) is 7.34. The van der Waals surface area contributed by atoms with E-state index in [1.807, 2.05) is 43.3 Å². The summed E-state index contributed by atoms with van der Waals surface area (Å²) >= 11 is 6.47. The van der Waals surface area contributed by atoms with E-state index in [1.54, 1.807) is 36.4 Å². The molecule has 0 fully saturated rings. The Morgan fingerprint density at radius 3 is 2.40 bits per heavy atom. The van der Waals surface area contributed by atoms with Gasteiger partial charge in [-0.15, -0.1) is 0 Å². The molecule has 4 aromatic carbocycles. The molecule has 2 heterocycles. The predicted octanol–water partition coefficient (Wildman–Crippen LogP) is 6.89. The maximum absolute atomic E-state index is 13.4. The van der Waals surface area contributed by atoms with E-state index in [0.717, 1.165) is 34.0 Å². The van der Waals surface area contributed by atoms with E-state index in [0.29, 0.717) is 53.2 Å². The Bertz CT molecular complexity index is 2380. The fourth-order valence-electron chi connectivity index (χ4n) is 4.80. The highest BCUT2D eigenvalue weighted by atomic mass is 35.5. The number of furan rings is 1. The lowest BCUT2D eigenvalue weighted by molar-refractivity contribution is 0.306. The van der Waals surface area contributed by atoms with Gasteiger partial charge in [0, 0.05) is 29.7 Å². The van der Waals surface area contributed by atoms with Gasteiger partial charge in [-0.05, 0) is 85.3 Å². The molecule has 12 nitrogen and oxygen atoms in total. The summed E-state index contributed by atoms with van der Waals surface area (Å²) in [6.45, 7) is 3.25. The van der Waals surface area contributed by atoms with Crippen molar-refractivity contribution in [1.29, 1.82) is 0 Å². The van der Waals surface area contributed by atoms with Crippen LogP contribution in [0.5, 0.6) is 5.75 Å². The third kappa shape index (κ3) is 11.3. The summed E-state index contributed by atoms with van der Waals surface area (Å²) in [6.07, 6.45) is 2.61. The van der Waals surface area contributed by atoms with Crippen LogP contribution in [0.15, 0.2) is 113 Å². The van der Waals surface area contributed by atoms with Crippen molar-refractivity contribution in [3.05, 3.63) is 131 Å². The SMILES string of the molecule is CS(=O)(=O)NCCNCc1ccc(-c2ccc3ncnc(Nc4ccc(OCc5cccc(F)c5)c(Cl)c4)c3c2)o1.Cc1ccc(S(=O)(=O)O)cc1. The normalized spacial score (nSPS) is 11.6. The standard InChI is InChI=1S/C29H27ClFN5O4S.C7H8O3S/c1-41(37,38)35-12-11-32-16-23-7-10-27(40-23)20-5-8-26-24(14-20)29(34-18-33-26)36-22-6-9-28(25(30)15-22)39-17-19-3-2-4-21(31)13-19;1-6-2-4-7(5-3-6)11(8,9)10/h2-10,13-15,18,32,35H,11-12,16-17H2,1H3,(H,33,34,36);2-5H,1H3,(H,8,9,10). The van der Waals surface area contributed by atoms with Crippen molar-refractivity contribution in [2.24, 2.45) is 0 Å². The number of fused-ring (bicyclic) bond motifs is 1. The van der Waals surface area contributed by atoms with E-state index in [4.69, 9.17) is 25.3 Å². The molecular formula is C36H35ClFN5O7S2. The fourth-order valence-corrected chi connectivity index (χ4v) is 5.99. The number of halogens is 2. The van der Waals surface area contributed by atoms with Crippen molar-refractivity contribution >= 4 is 54.2 Å². The van der Waals surface area contributed by atoms with Crippen LogP contribution < -0.4 is 20.1 Å². The zero-order valence-corrected chi connectivity index (χ0v) is 30.4. The zero-order valence-electron chi connectivity index (χ0n) is 28.0. The number of aromatic nitrogens is 2. The summed E-state index contributed by atoms with van der Waals surface area (Å²) in [5.41, 5.74) is 3.96. The molecule has 0 saturated carbocycles. The van der Waals surface area contributed by atoms with Gasteiger partial charge in [-0.25, -0.2) is 27.5 Å². The second kappa shape index (κ2) is 17.1. The van der Waals surface area contributed by atoms with Crippen LogP contribution in [0.3, 0.4) is 0 Å². The van der Waals surface area contributed by atoms with E-state index >= 15 is 0 Å². The van der Waals surface area contributed by atoms with Gasteiger partial charge in [-0.2, -0.15) is 8.42 Å². The lowest BCUT2D eigenvalue weighted by atomic mass is 10.1. The Labute approximate surface area is 305 Å². The average Bonchev–Trinajstić information content (AvgIpc) is 3.56. The molecule has 0 amide bonds. The van der Waals surface area contributed by atoms with Crippen molar-refractivity contribution in [2.45, 2.75) is 25.0 Å². The molecule has 0 saturated heterocycles. The minimum Gasteiger partial charge on any atom is -0.487 e. The Hall–Kier alpha value is -4.90. The smallest absolute Gasteiger partial charge is 0.294 e. The highest BCUT2D eigenvalue weighted by molar-refractivity contribution is 7.88. The monoisotopic (exact) mass is 767 g/mol. The molecule has 0 aliphatic rings. The van der Waals surface area contributed by atoms with Crippen molar-refractivity contribution in [2.75, 3.05) is 24.7 Å². The van der Waals surface area contributed by atoms with Crippen LogP contribution in [0.1, 0.15) is 16.9 Å². The molecule has 52 heavy (non-hydrogen) atoms. The molecule has 0 radical (unpaired) electrons. The van der Waals surface area contributed by atoms with Crippen molar-refractivity contribution in [1.82, 2.24) is 20.0 Å². The van der Waals surface area contributed by atoms with Crippen molar-refractivity contribution in [3.8, 4) is 17.1 Å². The quantitative estimate of drug-likeness (QED) is 0.0713. The lowest BCUT2D eigenvalue weighted by Gasteiger charge is -2.12. The highest BCUT2D eigenvalue weighted by Crippen LogP contribution is 2.33. The number of hydrogen-bond donors (Lipinski definition) is 4. The largest absolute Gasteiger partial charge is 0.487 e. The summed E-state index contributed by atoms with van der Waals surface area (Å²) in [5, 5.41) is 7.63. The molecule has 0 aliphatic carbocycles. The van der Waals surface area contributed by atoms with Crippen LogP contribution in [0.4, 0.5) is 15.9 Å². The topological polar surface area (TPSA) is 173 Å². The molecule has 6 aromatic rings. The molecular weight excluding hydrogens is 733 g/mol. The number of nitrogens with one attached hydrogen (secondary N) is 3. The van der Waals surface area contributed by atoms with Crippen LogP contribution in [-0.2, 0) is 33.3 Å². The van der Waals surface area contributed by atoms with Crippen LogP contribution >= 0.6 is 11.6 Å². The molecule has 6 rings (SSSR count). The minimum atomic E-state index is -4.02. The fraction of sp³-hybridized carbons (Fsp3) is 0.167. The number of anilines is 2. The number of rotatable bonds is 13. The first-order valence-electron chi connectivity index (χ1n) is 15.7. The molecule has 0 bridgehead atoms. The van der Waals surface area contributed by atoms with Crippen molar-refractivity contribution < 1.29 is 34.9 Å². The van der Waals surface area contributed by atoms with Crippen LogP contribution in [0, 0.1) is 12.7 Å². The van der Waals surface area contributed by atoms with Crippen LogP contribution in [0.25, 0.3) is 22.2 Å². The van der Waals surface area contributed by atoms with E-state index in [9.17, 15) is 21.2 Å². The number of hydrogen-bond acceptors (Lipinski definition) is 10. The van der Waals surface area contributed by atoms with E-state index in [2.05, 4.69) is 25.3 Å². The molecule has 0 aliphatic heterocycles. The number of sulfonamides is 1. The Morgan fingerprint density at radius 2 is 1.69 bits per heavy atom. The molecule has 16 heteroatoms. The lowest BCUT2D eigenvalue weighted by Crippen LogP contribution is -2.30. The summed E-state index contributed by atoms with van der Waals surface area (Å²) in [6, 6.07) is 27.0. The Balaban J connectivity index is 0.000000407. The molecule has 0 atom stereocenters. The summed E-state index contributed by atoms with van der Waals surface area (Å²) in [5.74, 6) is 2.14. The van der Waals surface area contributed by atoms with E-state index in [1.165, 1.54) is 30.6 Å². The number of aryl methyl sites for hydroxylation is 1. The number of nitrogens with zero attached hydrogens (tertiary/aromatic N) is 2. The number of benzene rings is 4. The second-order valence-electron chi connectivity index (χ2n) is 11.5. The Morgan fingerprint density at radius 1 is 0.904 bits per heavy atom. The molecule has 4 N–H and O–H groups in total. The van der Waals surface area contributed by atoms with Crippen LogP contribution in [0.2, 0.25) is 5.02 Å². The van der Waals surface area contributed by atoms with Gasteiger partial charge in [0.2, 0.25) is 10.0 Å². The third-order valence-corrected chi connectivity index (χ3v) is 9.24. The van der Waals surface area contributed by atoms with Gasteiger partial charge in [0.05, 0.1) is 28.2 Å². The minimum absolute atomic E-state index is 0.0666. The highest BCUT2D eigenvalue weighted by Gasteiger charge is 2.12. The first-order valence-corrected chi connectivity index (χ1v) is 19.4. The van der Waals surface area contributed by atoms with E-state index < -0.39 is 20.1 Å². The summed E-state index contributed by atoms with van der Waals surface area (Å²) in [7, 11) is -7.23. The van der Waals surface area contributed by atoms with Gasteiger partial charge >= 0.3 is 0 Å². The first kappa shape index (κ1) is 38.3. The molecule has 0 spiro atoms. The average molecular weight is 768 g/mol. The maximum Gasteiger partial charge on any atom is 0.294 e. The van der Waals surface area contributed by atoms with Gasteiger partial charge in [-0.1, -0.05) is 41.4 Å². The number of ether oxygens (including phenoxy) is 1. The van der Waals surface area contributed by atoms with Gasteiger partial charge in [0.15, 0.2) is 0 Å². The van der Waals surface area contributed by atoms with Crippen molar-refractivity contribution in [3.63, 3.8) is 0 Å². The van der Waals surface area contributed by atoms with E-state index in [-0.39, 0.29) is 17.3 Å².